The van der Waals surface area contributed by atoms with Gasteiger partial charge in [-0.3, -0.25) is 0 Å². The number of carboxylic acids is 1. The number of carbonyl (C=O) groups is 1. The molecule has 1 aromatic carbocycles. The Hall–Kier alpha value is -3.19. The van der Waals surface area contributed by atoms with Gasteiger partial charge in [-0.1, -0.05) is 18.5 Å². The van der Waals surface area contributed by atoms with E-state index in [1.807, 2.05) is 30.0 Å². The molecule has 2 fully saturated rings. The maximum Gasteiger partial charge on any atom is 0.374 e. The molecule has 0 spiro atoms. The summed E-state index contributed by atoms with van der Waals surface area (Å²) in [6.07, 6.45) is 2.46. The van der Waals surface area contributed by atoms with Gasteiger partial charge in [0.25, 0.3) is 0 Å². The lowest BCUT2D eigenvalue weighted by Crippen LogP contribution is -2.27. The molecule has 0 saturated carbocycles. The first-order valence-electron chi connectivity index (χ1n) is 12.6. The highest BCUT2D eigenvalue weighted by atomic mass is 35.5. The number of halogens is 1. The fourth-order valence-electron chi connectivity index (χ4n) is 5.15. The summed E-state index contributed by atoms with van der Waals surface area (Å²) in [5, 5.41) is 12.4. The smallest absolute Gasteiger partial charge is 0.374 e. The van der Waals surface area contributed by atoms with E-state index < -0.39 is 5.97 Å². The SMILES string of the molecule is CCc1[nH]c2nc(Sc3ccc4c(N5CC[C@@H](N)C5)nc(C(=O)O)nc4c3)nc(N3CC[C@@H](N)C3)c2c1Cl. The molecule has 2 atom stereocenters. The van der Waals surface area contributed by atoms with Gasteiger partial charge in [-0.15, -0.1) is 0 Å². The Labute approximate surface area is 228 Å². The number of hydrogen-bond acceptors (Lipinski definition) is 10. The van der Waals surface area contributed by atoms with Crippen molar-refractivity contribution in [2.45, 2.75) is 48.3 Å². The molecule has 0 bridgehead atoms. The van der Waals surface area contributed by atoms with Crippen molar-refractivity contribution in [1.29, 1.82) is 0 Å². The monoisotopic (exact) mass is 553 g/mol. The van der Waals surface area contributed by atoms with E-state index >= 15 is 0 Å². The predicted molar refractivity (Wildman–Crippen MR) is 149 cm³/mol. The van der Waals surface area contributed by atoms with Gasteiger partial charge in [-0.25, -0.2) is 24.7 Å². The largest absolute Gasteiger partial charge is 0.475 e. The van der Waals surface area contributed by atoms with Crippen molar-refractivity contribution in [3.05, 3.63) is 34.7 Å². The first-order valence-corrected chi connectivity index (χ1v) is 13.8. The van der Waals surface area contributed by atoms with Crippen LogP contribution in [0, 0.1) is 0 Å². The van der Waals surface area contributed by atoms with Gasteiger partial charge in [0.2, 0.25) is 5.82 Å². The number of rotatable bonds is 6. The number of nitrogens with two attached hydrogens (primary N) is 2. The Morgan fingerprint density at radius 2 is 1.82 bits per heavy atom. The average Bonchev–Trinajstić information content (AvgIpc) is 3.61. The number of aromatic amines is 1. The number of nitrogens with one attached hydrogen (secondary N) is 1. The van der Waals surface area contributed by atoms with E-state index in [0.29, 0.717) is 40.3 Å². The minimum absolute atomic E-state index is 0.0317. The molecule has 2 saturated heterocycles. The van der Waals surface area contributed by atoms with Crippen LogP contribution in [0.1, 0.15) is 36.1 Å². The second-order valence-corrected chi connectivity index (χ2v) is 11.2. The Morgan fingerprint density at radius 1 is 1.11 bits per heavy atom. The van der Waals surface area contributed by atoms with Crippen LogP contribution in [0.4, 0.5) is 11.6 Å². The molecule has 6 rings (SSSR count). The fraction of sp³-hybridized carbons (Fsp3) is 0.400. The number of H-pyrrole nitrogens is 1. The number of fused-ring (bicyclic) bond motifs is 2. The van der Waals surface area contributed by atoms with Gasteiger partial charge < -0.3 is 31.4 Å². The minimum Gasteiger partial charge on any atom is -0.475 e. The minimum atomic E-state index is -1.17. The van der Waals surface area contributed by atoms with Crippen LogP contribution in [-0.2, 0) is 6.42 Å². The lowest BCUT2D eigenvalue weighted by atomic mass is 10.2. The predicted octanol–water partition coefficient (Wildman–Crippen LogP) is 3.04. The Kier molecular flexibility index (Phi) is 6.50. The molecule has 2 aliphatic heterocycles. The summed E-state index contributed by atoms with van der Waals surface area (Å²) in [5.41, 5.74) is 14.4. The highest BCUT2D eigenvalue weighted by Crippen LogP contribution is 2.38. The summed E-state index contributed by atoms with van der Waals surface area (Å²) in [6.45, 7) is 4.88. The third-order valence-corrected chi connectivity index (χ3v) is 8.35. The number of aromatic carboxylic acids is 1. The van der Waals surface area contributed by atoms with Crippen LogP contribution in [0.2, 0.25) is 5.02 Å². The van der Waals surface area contributed by atoms with Crippen LogP contribution in [0.15, 0.2) is 28.3 Å². The number of benzene rings is 1. The van der Waals surface area contributed by atoms with E-state index in [4.69, 9.17) is 33.0 Å². The maximum atomic E-state index is 11.8. The molecule has 0 radical (unpaired) electrons. The van der Waals surface area contributed by atoms with Gasteiger partial charge in [0.05, 0.1) is 15.9 Å². The van der Waals surface area contributed by atoms with E-state index in [9.17, 15) is 9.90 Å². The van der Waals surface area contributed by atoms with Crippen molar-refractivity contribution in [1.82, 2.24) is 24.9 Å². The normalized spacial score (nSPS) is 19.8. The molecule has 4 aromatic rings. The molecule has 5 heterocycles. The van der Waals surface area contributed by atoms with Crippen molar-refractivity contribution in [3.63, 3.8) is 0 Å². The molecule has 11 nitrogen and oxygen atoms in total. The van der Waals surface area contributed by atoms with Crippen molar-refractivity contribution in [2.75, 3.05) is 36.0 Å². The molecule has 0 aliphatic carbocycles. The van der Waals surface area contributed by atoms with Gasteiger partial charge in [0.15, 0.2) is 5.16 Å². The third-order valence-electron chi connectivity index (χ3n) is 7.07. The molecule has 3 aromatic heterocycles. The van der Waals surface area contributed by atoms with Crippen molar-refractivity contribution < 1.29 is 9.90 Å². The van der Waals surface area contributed by atoms with Gasteiger partial charge in [-0.05, 0) is 49.2 Å². The molecule has 0 amide bonds. The van der Waals surface area contributed by atoms with Crippen molar-refractivity contribution in [2.24, 2.45) is 11.5 Å². The number of nitrogens with zero attached hydrogens (tertiary/aromatic N) is 6. The second-order valence-electron chi connectivity index (χ2n) is 9.77. The molecule has 13 heteroatoms. The summed E-state index contributed by atoms with van der Waals surface area (Å²) < 4.78 is 0. The first-order chi connectivity index (χ1) is 18.3. The zero-order chi connectivity index (χ0) is 26.6. The Morgan fingerprint density at radius 3 is 2.45 bits per heavy atom. The van der Waals surface area contributed by atoms with Crippen LogP contribution in [0.3, 0.4) is 0 Å². The number of hydrogen-bond donors (Lipinski definition) is 4. The van der Waals surface area contributed by atoms with E-state index in [-0.39, 0.29) is 17.9 Å². The van der Waals surface area contributed by atoms with Gasteiger partial charge >= 0.3 is 5.97 Å². The summed E-state index contributed by atoms with van der Waals surface area (Å²) in [4.78, 5) is 38.5. The molecule has 2 aliphatic rings. The lowest BCUT2D eigenvalue weighted by Gasteiger charge is -2.19. The molecule has 198 valence electrons. The molecule has 0 unspecified atom stereocenters. The van der Waals surface area contributed by atoms with Crippen LogP contribution >= 0.6 is 23.4 Å². The van der Waals surface area contributed by atoms with E-state index in [0.717, 1.165) is 59.5 Å². The Bertz CT molecular complexity index is 1560. The quantitative estimate of drug-likeness (QED) is 0.259. The molecule has 6 N–H and O–H groups in total. The fourth-order valence-corrected chi connectivity index (χ4v) is 6.29. The summed E-state index contributed by atoms with van der Waals surface area (Å²) in [5.74, 6) is -0.0495. The van der Waals surface area contributed by atoms with Crippen LogP contribution in [-0.4, -0.2) is 74.3 Å². The van der Waals surface area contributed by atoms with Gasteiger partial charge in [-0.2, -0.15) is 0 Å². The van der Waals surface area contributed by atoms with E-state index in [1.165, 1.54) is 11.8 Å². The summed E-state index contributed by atoms with van der Waals surface area (Å²) in [6, 6.07) is 5.84. The van der Waals surface area contributed by atoms with Crippen LogP contribution < -0.4 is 21.3 Å². The second kappa shape index (κ2) is 9.84. The summed E-state index contributed by atoms with van der Waals surface area (Å²) >= 11 is 8.11. The highest BCUT2D eigenvalue weighted by Gasteiger charge is 2.27. The topological polar surface area (TPSA) is 163 Å². The van der Waals surface area contributed by atoms with E-state index in [2.05, 4.69) is 19.9 Å². The van der Waals surface area contributed by atoms with Crippen molar-refractivity contribution >= 4 is 62.9 Å². The van der Waals surface area contributed by atoms with E-state index in [1.54, 1.807) is 0 Å². The lowest BCUT2D eigenvalue weighted by molar-refractivity contribution is 0.0684. The Balaban J connectivity index is 1.41. The van der Waals surface area contributed by atoms with Gasteiger partial charge in [0.1, 0.15) is 17.3 Å². The first kappa shape index (κ1) is 25.1. The van der Waals surface area contributed by atoms with Crippen LogP contribution in [0.25, 0.3) is 21.9 Å². The zero-order valence-corrected chi connectivity index (χ0v) is 22.4. The number of anilines is 2. The number of carboxylic acid groups (broad SMARTS) is 1. The highest BCUT2D eigenvalue weighted by molar-refractivity contribution is 7.99. The maximum absolute atomic E-state index is 11.8. The molecular weight excluding hydrogens is 526 g/mol. The molecule has 38 heavy (non-hydrogen) atoms. The van der Waals surface area contributed by atoms with Gasteiger partial charge in [0, 0.05) is 54.2 Å². The summed E-state index contributed by atoms with van der Waals surface area (Å²) in [7, 11) is 0. The third kappa shape index (κ3) is 4.51. The standard InChI is InChI=1S/C25H28ClN9O2S/c1-2-16-19(26)18-20(29-16)32-25(33-23(18)35-8-6-13(28)11-35)38-14-3-4-15-17(9-14)30-21(24(36)37)31-22(15)34-7-5-12(27)10-34/h3-4,9,12-13H,2,5-8,10-11,27-28H2,1H3,(H,36,37)(H,29,32,33)/t12-,13-/m1/s1. The zero-order valence-electron chi connectivity index (χ0n) is 20.8. The van der Waals surface area contributed by atoms with Crippen LogP contribution in [0.5, 0.6) is 0 Å². The van der Waals surface area contributed by atoms with Crippen molar-refractivity contribution in [3.8, 4) is 0 Å². The molecular formula is C25H28ClN9O2S. The number of aryl methyl sites for hydroxylation is 1. The number of aromatic nitrogens is 5. The average molecular weight is 554 g/mol.